The highest BCUT2D eigenvalue weighted by atomic mass is 79.9. The molecule has 0 fully saturated rings. The molecule has 0 unspecified atom stereocenters. The van der Waals surface area contributed by atoms with Crippen molar-refractivity contribution in [3.05, 3.63) is 52.0 Å². The van der Waals surface area contributed by atoms with Crippen LogP contribution in [0.5, 0.6) is 0 Å². The summed E-state index contributed by atoms with van der Waals surface area (Å²) in [6.45, 7) is 3.84. The van der Waals surface area contributed by atoms with Gasteiger partial charge in [0.25, 0.3) is 0 Å². The predicted octanol–water partition coefficient (Wildman–Crippen LogP) is 3.98. The van der Waals surface area contributed by atoms with Crippen LogP contribution in [0.15, 0.2) is 40.9 Å². The molecule has 5 N–H and O–H groups in total. The molecule has 2 aromatic rings. The van der Waals surface area contributed by atoms with Gasteiger partial charge < -0.3 is 11.5 Å². The molecule has 0 bridgehead atoms. The fourth-order valence-corrected chi connectivity index (χ4v) is 2.87. The van der Waals surface area contributed by atoms with Crippen molar-refractivity contribution in [1.82, 2.24) is 0 Å². The topological polar surface area (TPSA) is 84.4 Å². The van der Waals surface area contributed by atoms with Crippen molar-refractivity contribution in [1.29, 1.82) is 0 Å². The summed E-state index contributed by atoms with van der Waals surface area (Å²) in [5.41, 5.74) is 18.3. The molecule has 0 aliphatic carbocycles. The zero-order valence-electron chi connectivity index (χ0n) is 12.3. The summed E-state index contributed by atoms with van der Waals surface area (Å²) in [5.74, 6) is 0. The minimum Gasteiger partial charge on any atom is -0.399 e. The number of aryl methyl sites for hydroxylation is 2. The van der Waals surface area contributed by atoms with E-state index in [-0.39, 0.29) is 12.4 Å². The second-order valence-corrected chi connectivity index (χ2v) is 5.68. The van der Waals surface area contributed by atoms with Crippen LogP contribution in [0.25, 0.3) is 0 Å². The Morgan fingerprint density at radius 2 is 1.91 bits per heavy atom. The van der Waals surface area contributed by atoms with Crippen molar-refractivity contribution in [2.75, 3.05) is 16.2 Å². The number of hydrogen-bond acceptors (Lipinski definition) is 3. The molecule has 0 radical (unpaired) electrons. The van der Waals surface area contributed by atoms with Crippen molar-refractivity contribution in [3.63, 3.8) is 0 Å². The highest BCUT2D eigenvalue weighted by Crippen LogP contribution is 2.32. The number of primary amides is 1. The van der Waals surface area contributed by atoms with Crippen molar-refractivity contribution in [3.8, 4) is 0 Å². The Kier molecular flexibility index (Phi) is 6.08. The fourth-order valence-electron chi connectivity index (χ4n) is 2.11. The molecule has 0 saturated carbocycles. The number of urea groups is 1. The third-order valence-electron chi connectivity index (χ3n) is 2.98. The number of carbonyl (C=O) groups is 1. The predicted molar refractivity (Wildman–Crippen MR) is 97.4 cm³/mol. The Morgan fingerprint density at radius 3 is 2.45 bits per heavy atom. The van der Waals surface area contributed by atoms with Gasteiger partial charge in [0, 0.05) is 10.2 Å². The van der Waals surface area contributed by atoms with E-state index in [2.05, 4.69) is 21.4 Å². The summed E-state index contributed by atoms with van der Waals surface area (Å²) in [7, 11) is 0. The molecule has 0 aliphatic rings. The van der Waals surface area contributed by atoms with Gasteiger partial charge in [-0.2, -0.15) is 0 Å². The number of nitrogen functional groups attached to an aromatic ring is 1. The van der Waals surface area contributed by atoms with E-state index in [1.807, 2.05) is 38.1 Å². The van der Waals surface area contributed by atoms with Crippen LogP contribution in [0.1, 0.15) is 11.1 Å². The molecule has 7 heteroatoms. The van der Waals surface area contributed by atoms with Crippen LogP contribution in [-0.4, -0.2) is 6.03 Å². The van der Waals surface area contributed by atoms with Crippen molar-refractivity contribution >= 4 is 51.4 Å². The lowest BCUT2D eigenvalue weighted by atomic mass is 10.1. The van der Waals surface area contributed by atoms with Crippen LogP contribution >= 0.6 is 28.3 Å². The summed E-state index contributed by atoms with van der Waals surface area (Å²) in [6.07, 6.45) is 0. The summed E-state index contributed by atoms with van der Waals surface area (Å²) in [4.78, 5) is 11.8. The number of hydrogen-bond donors (Lipinski definition) is 3. The molecule has 0 saturated heterocycles. The molecule has 118 valence electrons. The van der Waals surface area contributed by atoms with E-state index in [4.69, 9.17) is 11.5 Å². The third-order valence-corrected chi connectivity index (χ3v) is 3.58. The van der Waals surface area contributed by atoms with Crippen LogP contribution in [0, 0.1) is 13.8 Å². The number of rotatable bonds is 3. The van der Waals surface area contributed by atoms with Gasteiger partial charge >= 0.3 is 6.03 Å². The second-order valence-electron chi connectivity index (χ2n) is 4.82. The average molecular weight is 386 g/mol. The number of nitrogens with one attached hydrogen (secondary N) is 1. The van der Waals surface area contributed by atoms with E-state index >= 15 is 0 Å². The number of carbonyl (C=O) groups excluding carboxylic acids is 1. The lowest BCUT2D eigenvalue weighted by Gasteiger charge is -2.25. The van der Waals surface area contributed by atoms with Gasteiger partial charge in [-0.15, -0.1) is 12.4 Å². The fraction of sp³-hybridized carbons (Fsp3) is 0.133. The molecular formula is C15H18BrClN4O. The maximum atomic E-state index is 11.8. The van der Waals surface area contributed by atoms with Gasteiger partial charge in [0.05, 0.1) is 11.4 Å². The van der Waals surface area contributed by atoms with Crippen molar-refractivity contribution < 1.29 is 4.79 Å². The van der Waals surface area contributed by atoms with Crippen LogP contribution in [0.2, 0.25) is 0 Å². The van der Waals surface area contributed by atoms with Crippen LogP contribution in [-0.2, 0) is 0 Å². The molecule has 0 spiro atoms. The summed E-state index contributed by atoms with van der Waals surface area (Å²) in [5, 5.41) is 1.30. The summed E-state index contributed by atoms with van der Waals surface area (Å²) in [6, 6.07) is 10.6. The number of amides is 2. The normalized spacial score (nSPS) is 9.77. The molecular weight excluding hydrogens is 368 g/mol. The highest BCUT2D eigenvalue weighted by Gasteiger charge is 2.18. The Balaban J connectivity index is 0.00000242. The van der Waals surface area contributed by atoms with E-state index in [9.17, 15) is 4.79 Å². The number of nitrogens with two attached hydrogens (primary N) is 2. The van der Waals surface area contributed by atoms with E-state index < -0.39 is 6.03 Å². The minimum absolute atomic E-state index is 0. The van der Waals surface area contributed by atoms with Gasteiger partial charge in [-0.05, 0) is 65.2 Å². The van der Waals surface area contributed by atoms with Gasteiger partial charge in [-0.3, -0.25) is 5.43 Å². The summed E-state index contributed by atoms with van der Waals surface area (Å²) >= 11 is 3.43. The molecule has 5 nitrogen and oxygen atoms in total. The van der Waals surface area contributed by atoms with E-state index in [0.29, 0.717) is 15.8 Å². The van der Waals surface area contributed by atoms with E-state index in [0.717, 1.165) is 16.8 Å². The van der Waals surface area contributed by atoms with E-state index in [1.165, 1.54) is 5.01 Å². The zero-order valence-corrected chi connectivity index (χ0v) is 14.7. The first-order valence-corrected chi connectivity index (χ1v) is 7.16. The Hall–Kier alpha value is -1.92. The van der Waals surface area contributed by atoms with Gasteiger partial charge in [-0.25, -0.2) is 9.80 Å². The monoisotopic (exact) mass is 384 g/mol. The second kappa shape index (κ2) is 7.38. The quantitative estimate of drug-likeness (QED) is 0.552. The maximum absolute atomic E-state index is 11.8. The number of benzene rings is 2. The lowest BCUT2D eigenvalue weighted by molar-refractivity contribution is 0.255. The SMILES string of the molecule is Cc1cccc(NN(C(N)=O)c2c(C)cc(N)cc2Br)c1.Cl. The Morgan fingerprint density at radius 1 is 1.23 bits per heavy atom. The first-order valence-electron chi connectivity index (χ1n) is 6.37. The standard InChI is InChI=1S/C15H17BrN4O.ClH/c1-9-4-3-5-12(6-9)19-20(15(18)21)14-10(2)7-11(17)8-13(14)16;/h3-8,19H,17H2,1-2H3,(H2,18,21);1H. The molecule has 0 aromatic heterocycles. The molecule has 2 aromatic carbocycles. The molecule has 0 aliphatic heterocycles. The number of hydrazine groups is 1. The maximum Gasteiger partial charge on any atom is 0.338 e. The molecule has 22 heavy (non-hydrogen) atoms. The van der Waals surface area contributed by atoms with Crippen molar-refractivity contribution in [2.45, 2.75) is 13.8 Å². The first-order chi connectivity index (χ1) is 9.88. The molecule has 2 amide bonds. The minimum atomic E-state index is -0.606. The first kappa shape index (κ1) is 18.1. The van der Waals surface area contributed by atoms with Gasteiger partial charge in [0.1, 0.15) is 0 Å². The molecule has 0 atom stereocenters. The zero-order chi connectivity index (χ0) is 15.6. The largest absolute Gasteiger partial charge is 0.399 e. The van der Waals surface area contributed by atoms with Crippen LogP contribution in [0.4, 0.5) is 21.9 Å². The number of anilines is 3. The Bertz CT molecular complexity index is 670. The molecule has 2 rings (SSSR count). The van der Waals surface area contributed by atoms with E-state index in [1.54, 1.807) is 12.1 Å². The average Bonchev–Trinajstić information content (AvgIpc) is 2.36. The van der Waals surface area contributed by atoms with Crippen LogP contribution < -0.4 is 21.9 Å². The van der Waals surface area contributed by atoms with Crippen molar-refractivity contribution in [2.24, 2.45) is 5.73 Å². The number of nitrogens with zero attached hydrogens (tertiary/aromatic N) is 1. The lowest BCUT2D eigenvalue weighted by Crippen LogP contribution is -2.41. The Labute approximate surface area is 144 Å². The number of halogens is 2. The van der Waals surface area contributed by atoms with Gasteiger partial charge in [0.2, 0.25) is 0 Å². The van der Waals surface area contributed by atoms with Gasteiger partial charge in [-0.1, -0.05) is 12.1 Å². The third kappa shape index (κ3) is 4.05. The van der Waals surface area contributed by atoms with Gasteiger partial charge in [0.15, 0.2) is 0 Å². The molecule has 0 heterocycles. The van der Waals surface area contributed by atoms with Crippen LogP contribution in [0.3, 0.4) is 0 Å². The summed E-state index contributed by atoms with van der Waals surface area (Å²) < 4.78 is 0.693. The highest BCUT2D eigenvalue weighted by molar-refractivity contribution is 9.10. The smallest absolute Gasteiger partial charge is 0.338 e.